The Kier molecular flexibility index (Phi) is 8.55. The lowest BCUT2D eigenvalue weighted by atomic mass is 10.2. The van der Waals surface area contributed by atoms with E-state index in [9.17, 15) is 22.8 Å². The van der Waals surface area contributed by atoms with Gasteiger partial charge >= 0.3 is 12.0 Å². The first-order valence-electron chi connectivity index (χ1n) is 6.35. The molecule has 0 aliphatic heterocycles. The largest absolute Gasteiger partial charge is 0.481 e. The molecule has 0 unspecified atom stereocenters. The van der Waals surface area contributed by atoms with E-state index < -0.39 is 27.9 Å². The van der Waals surface area contributed by atoms with Gasteiger partial charge in [0.25, 0.3) is 0 Å². The molecule has 9 nitrogen and oxygen atoms in total. The smallest absolute Gasteiger partial charge is 0.321 e. The van der Waals surface area contributed by atoms with Crippen LogP contribution in [0.5, 0.6) is 0 Å². The zero-order valence-corrected chi connectivity index (χ0v) is 12.9. The Morgan fingerprint density at radius 2 is 1.67 bits per heavy atom. The van der Waals surface area contributed by atoms with E-state index in [1.807, 2.05) is 5.32 Å². The molecule has 122 valence electrons. The lowest BCUT2D eigenvalue weighted by Crippen LogP contribution is -2.42. The number of nitrogens with one attached hydrogen (secondary N) is 2. The maximum atomic E-state index is 11.4. The molecule has 0 aliphatic carbocycles. The summed E-state index contributed by atoms with van der Waals surface area (Å²) in [5.74, 6) is -1.73. The summed E-state index contributed by atoms with van der Waals surface area (Å²) < 4.78 is 23.8. The lowest BCUT2D eigenvalue weighted by molar-refractivity contribution is -0.137. The topological polar surface area (TPSA) is 133 Å². The van der Waals surface area contributed by atoms with Crippen LogP contribution >= 0.6 is 0 Å². The van der Waals surface area contributed by atoms with Gasteiger partial charge in [0.05, 0.1) is 5.75 Å². The Hall–Kier alpha value is -1.68. The van der Waals surface area contributed by atoms with E-state index in [0.717, 1.165) is 4.31 Å². The molecule has 3 N–H and O–H groups in total. The number of hydrogen-bond donors (Lipinski definition) is 3. The van der Waals surface area contributed by atoms with Crippen LogP contribution in [0.3, 0.4) is 0 Å². The van der Waals surface area contributed by atoms with E-state index in [4.69, 9.17) is 5.11 Å². The minimum atomic E-state index is -3.40. The van der Waals surface area contributed by atoms with E-state index in [-0.39, 0.29) is 25.1 Å². The Morgan fingerprint density at radius 1 is 1.10 bits per heavy atom. The Bertz CT molecular complexity index is 474. The van der Waals surface area contributed by atoms with E-state index in [2.05, 4.69) is 5.32 Å². The normalized spacial score (nSPS) is 11.2. The molecule has 0 aromatic heterocycles. The molecule has 0 fully saturated rings. The van der Waals surface area contributed by atoms with Crippen molar-refractivity contribution in [2.24, 2.45) is 0 Å². The van der Waals surface area contributed by atoms with E-state index in [1.54, 1.807) is 0 Å². The standard InChI is InChI=1S/C11H21N3O6S/c1-14(2)21(19,20)8-7-12-11(18)13-9(15)5-3-4-6-10(16)17/h3-8H2,1-2H3,(H,16,17)(H2,12,13,15,18). The molecule has 3 amide bonds. The minimum absolute atomic E-state index is 0.0259. The third kappa shape index (κ3) is 9.79. The van der Waals surface area contributed by atoms with Gasteiger partial charge in [-0.25, -0.2) is 17.5 Å². The van der Waals surface area contributed by atoms with Crippen molar-refractivity contribution in [2.45, 2.75) is 25.7 Å². The first-order valence-corrected chi connectivity index (χ1v) is 7.95. The van der Waals surface area contributed by atoms with Gasteiger partial charge in [-0.1, -0.05) is 0 Å². The monoisotopic (exact) mass is 323 g/mol. The summed E-state index contributed by atoms with van der Waals surface area (Å²) in [5, 5.41) is 12.7. The maximum Gasteiger partial charge on any atom is 0.321 e. The molecule has 0 aromatic carbocycles. The predicted octanol–water partition coefficient (Wildman–Crippen LogP) is -0.651. The van der Waals surface area contributed by atoms with Crippen molar-refractivity contribution in [3.05, 3.63) is 0 Å². The van der Waals surface area contributed by atoms with Crippen LogP contribution in [0.1, 0.15) is 25.7 Å². The zero-order chi connectivity index (χ0) is 16.5. The third-order valence-corrected chi connectivity index (χ3v) is 4.33. The SMILES string of the molecule is CN(C)S(=O)(=O)CCNC(=O)NC(=O)CCCCC(=O)O. The van der Waals surface area contributed by atoms with Gasteiger partial charge in [-0.05, 0) is 12.8 Å². The van der Waals surface area contributed by atoms with Gasteiger partial charge in [-0.15, -0.1) is 0 Å². The second-order valence-electron chi connectivity index (χ2n) is 4.50. The van der Waals surface area contributed by atoms with Crippen LogP contribution in [0.4, 0.5) is 4.79 Å². The highest BCUT2D eigenvalue weighted by atomic mass is 32.2. The molecule has 0 aromatic rings. The average molecular weight is 323 g/mol. The number of amides is 3. The predicted molar refractivity (Wildman–Crippen MR) is 75.1 cm³/mol. The Labute approximate surface area is 123 Å². The van der Waals surface area contributed by atoms with Crippen LogP contribution in [0.25, 0.3) is 0 Å². The van der Waals surface area contributed by atoms with Crippen molar-refractivity contribution in [3.63, 3.8) is 0 Å². The number of rotatable bonds is 9. The van der Waals surface area contributed by atoms with Crippen molar-refractivity contribution in [2.75, 3.05) is 26.4 Å². The fourth-order valence-corrected chi connectivity index (χ4v) is 2.00. The molecule has 0 spiro atoms. The second-order valence-corrected chi connectivity index (χ2v) is 6.81. The molecular weight excluding hydrogens is 302 g/mol. The summed E-state index contributed by atoms with van der Waals surface area (Å²) in [4.78, 5) is 32.9. The van der Waals surface area contributed by atoms with Gasteiger partial charge in [0.1, 0.15) is 0 Å². The van der Waals surface area contributed by atoms with Crippen molar-refractivity contribution < 1.29 is 27.9 Å². The fraction of sp³-hybridized carbons (Fsp3) is 0.727. The molecule has 0 saturated heterocycles. The minimum Gasteiger partial charge on any atom is -0.481 e. The van der Waals surface area contributed by atoms with Crippen LogP contribution in [-0.2, 0) is 19.6 Å². The molecule has 0 radical (unpaired) electrons. The summed E-state index contributed by atoms with van der Waals surface area (Å²) >= 11 is 0. The number of imide groups is 1. The summed E-state index contributed by atoms with van der Waals surface area (Å²) in [6, 6.07) is -0.771. The summed E-state index contributed by atoms with van der Waals surface area (Å²) in [7, 11) is -0.628. The highest BCUT2D eigenvalue weighted by molar-refractivity contribution is 7.89. The number of carbonyl (C=O) groups excluding carboxylic acids is 2. The van der Waals surface area contributed by atoms with Crippen molar-refractivity contribution in [1.82, 2.24) is 14.9 Å². The molecule has 0 bridgehead atoms. The summed E-state index contributed by atoms with van der Waals surface area (Å²) in [5.41, 5.74) is 0. The average Bonchev–Trinajstić information content (AvgIpc) is 2.33. The third-order valence-electron chi connectivity index (χ3n) is 2.50. The molecule has 0 rings (SSSR count). The van der Waals surface area contributed by atoms with Crippen LogP contribution < -0.4 is 10.6 Å². The highest BCUT2D eigenvalue weighted by Crippen LogP contribution is 1.99. The van der Waals surface area contributed by atoms with Crippen molar-refractivity contribution in [1.29, 1.82) is 0 Å². The Morgan fingerprint density at radius 3 is 2.19 bits per heavy atom. The number of sulfonamides is 1. The number of urea groups is 1. The highest BCUT2D eigenvalue weighted by Gasteiger charge is 2.14. The Balaban J connectivity index is 3.84. The van der Waals surface area contributed by atoms with Gasteiger partial charge in [0, 0.05) is 33.5 Å². The van der Waals surface area contributed by atoms with Crippen molar-refractivity contribution in [3.8, 4) is 0 Å². The second kappa shape index (κ2) is 9.29. The molecule has 0 saturated carbocycles. The molecular formula is C11H21N3O6S. The molecule has 0 atom stereocenters. The van der Waals surface area contributed by atoms with Gasteiger partial charge in [0.15, 0.2) is 0 Å². The van der Waals surface area contributed by atoms with Gasteiger partial charge in [-0.3, -0.25) is 14.9 Å². The number of carboxylic acid groups (broad SMARTS) is 1. The molecule has 21 heavy (non-hydrogen) atoms. The van der Waals surface area contributed by atoms with E-state index >= 15 is 0 Å². The fourth-order valence-electron chi connectivity index (χ4n) is 1.27. The van der Waals surface area contributed by atoms with Crippen LogP contribution in [0.2, 0.25) is 0 Å². The van der Waals surface area contributed by atoms with Crippen LogP contribution in [0, 0.1) is 0 Å². The van der Waals surface area contributed by atoms with E-state index in [1.165, 1.54) is 14.1 Å². The first-order chi connectivity index (χ1) is 9.65. The first kappa shape index (κ1) is 19.3. The zero-order valence-electron chi connectivity index (χ0n) is 12.1. The summed E-state index contributed by atoms with van der Waals surface area (Å²) in [6.07, 6.45) is 0.727. The van der Waals surface area contributed by atoms with Crippen LogP contribution in [-0.4, -0.2) is 62.1 Å². The number of aliphatic carboxylic acids is 1. The lowest BCUT2D eigenvalue weighted by Gasteiger charge is -2.11. The molecule has 0 aliphatic rings. The van der Waals surface area contributed by atoms with Gasteiger partial charge in [-0.2, -0.15) is 0 Å². The maximum absolute atomic E-state index is 11.4. The van der Waals surface area contributed by atoms with Crippen molar-refractivity contribution >= 4 is 27.9 Å². The van der Waals surface area contributed by atoms with Gasteiger partial charge in [0.2, 0.25) is 15.9 Å². The number of carbonyl (C=O) groups is 3. The number of nitrogens with zero attached hydrogens (tertiary/aromatic N) is 1. The number of hydrogen-bond acceptors (Lipinski definition) is 5. The molecule has 10 heteroatoms. The quantitative estimate of drug-likeness (QED) is 0.483. The van der Waals surface area contributed by atoms with Crippen LogP contribution in [0.15, 0.2) is 0 Å². The number of unbranched alkanes of at least 4 members (excludes halogenated alkanes) is 1. The summed E-state index contributed by atoms with van der Waals surface area (Å²) in [6.45, 7) is -0.112. The van der Waals surface area contributed by atoms with Gasteiger partial charge < -0.3 is 10.4 Å². The van der Waals surface area contributed by atoms with E-state index in [0.29, 0.717) is 12.8 Å². The molecule has 0 heterocycles. The number of carboxylic acids is 1.